The van der Waals surface area contributed by atoms with Crippen molar-refractivity contribution in [3.63, 3.8) is 0 Å². The highest BCUT2D eigenvalue weighted by Gasteiger charge is 1.95. The van der Waals surface area contributed by atoms with Crippen LogP contribution in [0.1, 0.15) is 0 Å². The highest BCUT2D eigenvalue weighted by atomic mass is 16.6. The van der Waals surface area contributed by atoms with Gasteiger partial charge in [-0.25, -0.2) is 4.79 Å². The second kappa shape index (κ2) is 6.10. The van der Waals surface area contributed by atoms with E-state index in [9.17, 15) is 4.79 Å². The minimum absolute atomic E-state index is 0.0307. The van der Waals surface area contributed by atoms with Crippen LogP contribution in [0.15, 0.2) is 12.7 Å². The molecule has 0 saturated heterocycles. The molecule has 0 unspecified atom stereocenters. The molecule has 1 amide bonds. The summed E-state index contributed by atoms with van der Waals surface area (Å²) in [6, 6.07) is 0. The first-order valence-corrected chi connectivity index (χ1v) is 2.93. The van der Waals surface area contributed by atoms with Gasteiger partial charge in [-0.15, -0.1) is 6.58 Å². The van der Waals surface area contributed by atoms with E-state index >= 15 is 0 Å². The number of hydrogen-bond donors (Lipinski definition) is 2. The molecule has 0 fully saturated rings. The Morgan fingerprint density at radius 2 is 2.50 bits per heavy atom. The molecule has 10 heavy (non-hydrogen) atoms. The van der Waals surface area contributed by atoms with Crippen molar-refractivity contribution in [1.82, 2.24) is 5.32 Å². The molecule has 0 atom stereocenters. The number of carbonyl (C=O) groups is 1. The van der Waals surface area contributed by atoms with Gasteiger partial charge >= 0.3 is 6.09 Å². The fraction of sp³-hybridized carbons (Fsp3) is 0.500. The third-order valence-electron chi connectivity index (χ3n) is 0.715. The third-order valence-corrected chi connectivity index (χ3v) is 0.715. The Bertz CT molecular complexity index is 114. The molecule has 0 bridgehead atoms. The van der Waals surface area contributed by atoms with Crippen molar-refractivity contribution in [2.24, 2.45) is 0 Å². The number of carbonyl (C=O) groups excluding carboxylic acids is 1. The summed E-state index contributed by atoms with van der Waals surface area (Å²) in [7, 11) is 0. The normalized spacial score (nSPS) is 8.50. The van der Waals surface area contributed by atoms with E-state index in [4.69, 9.17) is 5.11 Å². The van der Waals surface area contributed by atoms with Crippen LogP contribution in [-0.4, -0.2) is 31.0 Å². The summed E-state index contributed by atoms with van der Waals surface area (Å²) in [4.78, 5) is 10.5. The Balaban J connectivity index is 3.16. The molecular formula is C6H11NO3. The Morgan fingerprint density at radius 3 is 3.00 bits per heavy atom. The monoisotopic (exact) mass is 145 g/mol. The molecule has 0 aromatic carbocycles. The van der Waals surface area contributed by atoms with Crippen LogP contribution < -0.4 is 5.32 Å². The molecule has 4 nitrogen and oxygen atoms in total. The summed E-state index contributed by atoms with van der Waals surface area (Å²) in [6.07, 6.45) is 1.01. The number of aliphatic hydroxyl groups excluding tert-OH is 1. The van der Waals surface area contributed by atoms with Gasteiger partial charge in [0.05, 0.1) is 6.61 Å². The lowest BCUT2D eigenvalue weighted by Crippen LogP contribution is -2.25. The molecule has 58 valence electrons. The molecule has 4 heteroatoms. The molecule has 0 radical (unpaired) electrons. The zero-order chi connectivity index (χ0) is 7.82. The second-order valence-electron chi connectivity index (χ2n) is 1.53. The van der Waals surface area contributed by atoms with Gasteiger partial charge in [0.25, 0.3) is 0 Å². The van der Waals surface area contributed by atoms with E-state index in [-0.39, 0.29) is 13.2 Å². The number of nitrogens with one attached hydrogen (secondary N) is 1. The van der Waals surface area contributed by atoms with Gasteiger partial charge in [-0.1, -0.05) is 6.08 Å². The zero-order valence-corrected chi connectivity index (χ0v) is 5.67. The van der Waals surface area contributed by atoms with E-state index in [0.717, 1.165) is 0 Å². The van der Waals surface area contributed by atoms with Crippen molar-refractivity contribution in [3.05, 3.63) is 12.7 Å². The number of amides is 1. The van der Waals surface area contributed by atoms with Crippen molar-refractivity contribution in [3.8, 4) is 0 Å². The van der Waals surface area contributed by atoms with E-state index in [1.54, 1.807) is 6.08 Å². The minimum Gasteiger partial charge on any atom is -0.447 e. The standard InChI is InChI=1S/C6H11NO3/c1-2-3-7-6(9)10-5-4-8/h2,8H,1,3-5H2,(H,7,9). The van der Waals surface area contributed by atoms with Gasteiger partial charge in [0.1, 0.15) is 6.61 Å². The van der Waals surface area contributed by atoms with Gasteiger partial charge in [-0.3, -0.25) is 0 Å². The largest absolute Gasteiger partial charge is 0.447 e. The molecule has 0 heterocycles. The van der Waals surface area contributed by atoms with Gasteiger partial charge in [-0.2, -0.15) is 0 Å². The fourth-order valence-corrected chi connectivity index (χ4v) is 0.345. The number of hydrogen-bond acceptors (Lipinski definition) is 3. The van der Waals surface area contributed by atoms with Crippen LogP contribution in [0.3, 0.4) is 0 Å². The third kappa shape index (κ3) is 5.11. The lowest BCUT2D eigenvalue weighted by Gasteiger charge is -2.01. The highest BCUT2D eigenvalue weighted by molar-refractivity contribution is 5.67. The molecule has 0 aromatic heterocycles. The van der Waals surface area contributed by atoms with Crippen molar-refractivity contribution in [1.29, 1.82) is 0 Å². The summed E-state index contributed by atoms with van der Waals surface area (Å²) in [5, 5.41) is 10.6. The smallest absolute Gasteiger partial charge is 0.407 e. The number of aliphatic hydroxyl groups is 1. The summed E-state index contributed by atoms with van der Waals surface area (Å²) < 4.78 is 4.45. The van der Waals surface area contributed by atoms with Gasteiger partial charge < -0.3 is 15.2 Å². The molecule has 2 N–H and O–H groups in total. The first kappa shape index (κ1) is 8.97. The van der Waals surface area contributed by atoms with E-state index in [0.29, 0.717) is 6.54 Å². The van der Waals surface area contributed by atoms with Gasteiger partial charge in [0.15, 0.2) is 0 Å². The maximum Gasteiger partial charge on any atom is 0.407 e. The average molecular weight is 145 g/mol. The Hall–Kier alpha value is -1.03. The molecule has 0 spiro atoms. The quantitative estimate of drug-likeness (QED) is 0.543. The SMILES string of the molecule is C=CCNC(=O)OCCO. The van der Waals surface area contributed by atoms with E-state index in [1.807, 2.05) is 0 Å². The maximum atomic E-state index is 10.5. The summed E-state index contributed by atoms with van der Waals surface area (Å²) in [5.74, 6) is 0. The second-order valence-corrected chi connectivity index (χ2v) is 1.53. The summed E-state index contributed by atoms with van der Waals surface area (Å²) >= 11 is 0. The van der Waals surface area contributed by atoms with Crippen molar-refractivity contribution >= 4 is 6.09 Å². The Morgan fingerprint density at radius 1 is 1.80 bits per heavy atom. The van der Waals surface area contributed by atoms with Gasteiger partial charge in [0.2, 0.25) is 0 Å². The average Bonchev–Trinajstić information content (AvgIpc) is 1.97. The maximum absolute atomic E-state index is 10.5. The van der Waals surface area contributed by atoms with Crippen LogP contribution in [0.2, 0.25) is 0 Å². The molecule has 0 aliphatic carbocycles. The molecule has 0 rings (SSSR count). The highest BCUT2D eigenvalue weighted by Crippen LogP contribution is 1.75. The Labute approximate surface area is 59.5 Å². The fourth-order valence-electron chi connectivity index (χ4n) is 0.345. The van der Waals surface area contributed by atoms with E-state index in [2.05, 4.69) is 16.6 Å². The van der Waals surface area contributed by atoms with Crippen molar-refractivity contribution < 1.29 is 14.6 Å². The first-order chi connectivity index (χ1) is 4.81. The van der Waals surface area contributed by atoms with Crippen LogP contribution in [-0.2, 0) is 4.74 Å². The van der Waals surface area contributed by atoms with E-state index < -0.39 is 6.09 Å². The lowest BCUT2D eigenvalue weighted by molar-refractivity contribution is 0.120. The number of ether oxygens (including phenoxy) is 1. The molecule has 0 saturated carbocycles. The van der Waals surface area contributed by atoms with Crippen LogP contribution in [0, 0.1) is 0 Å². The minimum atomic E-state index is -0.533. The van der Waals surface area contributed by atoms with Crippen LogP contribution in [0.5, 0.6) is 0 Å². The first-order valence-electron chi connectivity index (χ1n) is 2.93. The van der Waals surface area contributed by atoms with Crippen molar-refractivity contribution in [2.75, 3.05) is 19.8 Å². The van der Waals surface area contributed by atoms with Crippen molar-refractivity contribution in [2.45, 2.75) is 0 Å². The molecule has 0 aliphatic rings. The molecular weight excluding hydrogens is 134 g/mol. The topological polar surface area (TPSA) is 58.6 Å². The van der Waals surface area contributed by atoms with Gasteiger partial charge in [0, 0.05) is 6.54 Å². The van der Waals surface area contributed by atoms with Crippen LogP contribution in [0.4, 0.5) is 4.79 Å². The number of alkyl carbamates (subject to hydrolysis) is 1. The molecule has 0 aliphatic heterocycles. The summed E-state index contributed by atoms with van der Waals surface area (Å²) in [5.41, 5.74) is 0. The van der Waals surface area contributed by atoms with Crippen LogP contribution in [0.25, 0.3) is 0 Å². The predicted molar refractivity (Wildman–Crippen MR) is 36.6 cm³/mol. The molecule has 0 aromatic rings. The van der Waals surface area contributed by atoms with Crippen LogP contribution >= 0.6 is 0 Å². The number of rotatable bonds is 4. The van der Waals surface area contributed by atoms with E-state index in [1.165, 1.54) is 0 Å². The van der Waals surface area contributed by atoms with Gasteiger partial charge in [-0.05, 0) is 0 Å². The lowest BCUT2D eigenvalue weighted by atomic mass is 10.6. The Kier molecular flexibility index (Phi) is 5.47. The predicted octanol–water partition coefficient (Wildman–Crippen LogP) is -0.109. The zero-order valence-electron chi connectivity index (χ0n) is 5.67. The summed E-state index contributed by atoms with van der Waals surface area (Å²) in [6.45, 7) is 3.65.